The molecule has 7 nitrogen and oxygen atoms in total. The first-order valence-corrected chi connectivity index (χ1v) is 5.66. The van der Waals surface area contributed by atoms with E-state index < -0.39 is 29.1 Å². The number of ether oxygens (including phenoxy) is 2. The van der Waals surface area contributed by atoms with E-state index in [0.717, 1.165) is 30.8 Å². The van der Waals surface area contributed by atoms with Crippen molar-refractivity contribution in [2.45, 2.75) is 12.1 Å². The first-order valence-electron chi connectivity index (χ1n) is 5.66. The van der Waals surface area contributed by atoms with Gasteiger partial charge in [0, 0.05) is 0 Å². The molecule has 3 rings (SSSR count). The van der Waals surface area contributed by atoms with Crippen LogP contribution >= 0.6 is 0 Å². The summed E-state index contributed by atoms with van der Waals surface area (Å²) in [5.74, 6) is -4.49. The average molecular weight is 300 g/mol. The van der Waals surface area contributed by atoms with Crippen LogP contribution in [0.2, 0.25) is 0 Å². The number of H-pyrrole nitrogens is 1. The van der Waals surface area contributed by atoms with Gasteiger partial charge >= 0.3 is 11.6 Å². The Bertz CT molecular complexity index is 744. The van der Waals surface area contributed by atoms with Crippen LogP contribution in [0, 0.1) is 0 Å². The van der Waals surface area contributed by atoms with Gasteiger partial charge in [-0.05, 0) is 22.6 Å². The molecule has 2 aliphatic rings. The van der Waals surface area contributed by atoms with Gasteiger partial charge in [0.05, 0.1) is 5.57 Å². The SMILES string of the molecule is O=c1[nH]nnn1C1=COC=C(C2=CC=CC(F)C2(F)F)O1. The van der Waals surface area contributed by atoms with Crippen molar-refractivity contribution in [1.82, 2.24) is 20.2 Å². The van der Waals surface area contributed by atoms with Crippen LogP contribution in [-0.4, -0.2) is 32.3 Å². The molecule has 1 unspecified atom stereocenters. The normalized spacial score (nSPS) is 23.6. The lowest BCUT2D eigenvalue weighted by Gasteiger charge is -2.26. The van der Waals surface area contributed by atoms with E-state index in [1.807, 2.05) is 5.10 Å². The highest BCUT2D eigenvalue weighted by molar-refractivity contribution is 5.46. The maximum absolute atomic E-state index is 13.8. The van der Waals surface area contributed by atoms with Crippen molar-refractivity contribution >= 4 is 5.88 Å². The standard InChI is InChI=1S/C11H7F3N4O3/c12-8-3-1-2-6(11(8,13)14)7-4-20-5-9(21-7)18-10(19)15-16-17-18/h1-5,8H,(H,15,17,19). The van der Waals surface area contributed by atoms with Crippen molar-refractivity contribution in [3.05, 3.63) is 52.6 Å². The number of allylic oxidation sites excluding steroid dienone is 4. The van der Waals surface area contributed by atoms with Crippen molar-refractivity contribution in [1.29, 1.82) is 0 Å². The second kappa shape index (κ2) is 4.65. The molecular weight excluding hydrogens is 293 g/mol. The lowest BCUT2D eigenvalue weighted by atomic mass is 9.97. The highest BCUT2D eigenvalue weighted by atomic mass is 19.3. The summed E-state index contributed by atoms with van der Waals surface area (Å²) in [4.78, 5) is 11.3. The summed E-state index contributed by atoms with van der Waals surface area (Å²) in [5, 5.41) is 8.59. The van der Waals surface area contributed by atoms with Gasteiger partial charge in [-0.15, -0.1) is 4.68 Å². The Morgan fingerprint density at radius 1 is 1.38 bits per heavy atom. The fourth-order valence-corrected chi connectivity index (χ4v) is 1.74. The predicted octanol–water partition coefficient (Wildman–Crippen LogP) is 1.08. The molecule has 2 heterocycles. The highest BCUT2D eigenvalue weighted by Gasteiger charge is 2.47. The molecule has 0 aromatic carbocycles. The number of halogens is 3. The van der Waals surface area contributed by atoms with Crippen LogP contribution in [0.3, 0.4) is 0 Å². The lowest BCUT2D eigenvalue weighted by molar-refractivity contribution is -0.0220. The average Bonchev–Trinajstić information content (AvgIpc) is 2.88. The number of hydrogen-bond donors (Lipinski definition) is 1. The van der Waals surface area contributed by atoms with E-state index in [2.05, 4.69) is 10.4 Å². The van der Waals surface area contributed by atoms with Gasteiger partial charge in [0.2, 0.25) is 0 Å². The maximum atomic E-state index is 13.8. The lowest BCUT2D eigenvalue weighted by Crippen LogP contribution is -2.34. The molecule has 0 saturated heterocycles. The van der Waals surface area contributed by atoms with Crippen molar-refractivity contribution in [3.8, 4) is 0 Å². The van der Waals surface area contributed by atoms with Crippen LogP contribution in [0.5, 0.6) is 0 Å². The number of hydrogen-bond acceptors (Lipinski definition) is 5. The molecule has 0 saturated carbocycles. The van der Waals surface area contributed by atoms with E-state index in [-0.39, 0.29) is 5.88 Å². The Labute approximate surface area is 114 Å². The summed E-state index contributed by atoms with van der Waals surface area (Å²) < 4.78 is 51.5. The molecular formula is C11H7F3N4O3. The fraction of sp³-hybridized carbons (Fsp3) is 0.182. The molecule has 110 valence electrons. The molecule has 21 heavy (non-hydrogen) atoms. The zero-order valence-corrected chi connectivity index (χ0v) is 10.2. The van der Waals surface area contributed by atoms with E-state index in [1.165, 1.54) is 0 Å². The quantitative estimate of drug-likeness (QED) is 0.884. The van der Waals surface area contributed by atoms with Gasteiger partial charge in [-0.3, -0.25) is 0 Å². The van der Waals surface area contributed by atoms with Crippen LogP contribution in [-0.2, 0) is 9.47 Å². The first-order chi connectivity index (χ1) is 10.00. The monoisotopic (exact) mass is 300 g/mol. The highest BCUT2D eigenvalue weighted by Crippen LogP contribution is 2.39. The molecule has 10 heteroatoms. The van der Waals surface area contributed by atoms with Crippen molar-refractivity contribution < 1.29 is 22.6 Å². The van der Waals surface area contributed by atoms with Crippen molar-refractivity contribution in [3.63, 3.8) is 0 Å². The molecule has 1 N–H and O–H groups in total. The van der Waals surface area contributed by atoms with Crippen molar-refractivity contribution in [2.24, 2.45) is 0 Å². The number of tetrazole rings is 1. The van der Waals surface area contributed by atoms with Crippen LogP contribution in [0.15, 0.2) is 46.9 Å². The molecule has 1 atom stereocenters. The second-order valence-corrected chi connectivity index (χ2v) is 4.08. The number of rotatable bonds is 2. The Hall–Kier alpha value is -2.78. The summed E-state index contributed by atoms with van der Waals surface area (Å²) in [7, 11) is 0. The Morgan fingerprint density at radius 2 is 2.19 bits per heavy atom. The van der Waals surface area contributed by atoms with Gasteiger partial charge in [0.25, 0.3) is 5.88 Å². The van der Waals surface area contributed by atoms with Gasteiger partial charge in [-0.2, -0.15) is 8.78 Å². The Balaban J connectivity index is 1.91. The molecule has 0 amide bonds. The van der Waals surface area contributed by atoms with Crippen LogP contribution in [0.4, 0.5) is 13.2 Å². The largest absolute Gasteiger partial charge is 0.463 e. The van der Waals surface area contributed by atoms with Gasteiger partial charge in [-0.25, -0.2) is 14.3 Å². The Kier molecular flexibility index (Phi) is 2.92. The number of nitrogens with zero attached hydrogens (tertiary/aromatic N) is 3. The molecule has 1 aromatic rings. The number of aromatic nitrogens is 4. The maximum Gasteiger partial charge on any atom is 0.368 e. The van der Waals surface area contributed by atoms with Gasteiger partial charge in [-0.1, -0.05) is 6.08 Å². The zero-order valence-electron chi connectivity index (χ0n) is 10.2. The third kappa shape index (κ3) is 2.14. The molecule has 1 aliphatic carbocycles. The van der Waals surface area contributed by atoms with Gasteiger partial charge in [0.1, 0.15) is 6.26 Å². The molecule has 1 aromatic heterocycles. The fourth-order valence-electron chi connectivity index (χ4n) is 1.74. The topological polar surface area (TPSA) is 82.0 Å². The molecule has 0 bridgehead atoms. The number of nitrogens with one attached hydrogen (secondary N) is 1. The van der Waals surface area contributed by atoms with Crippen LogP contribution < -0.4 is 5.69 Å². The summed E-state index contributed by atoms with van der Waals surface area (Å²) in [6, 6.07) is 0. The summed E-state index contributed by atoms with van der Waals surface area (Å²) in [6.45, 7) is 0. The summed E-state index contributed by atoms with van der Waals surface area (Å²) >= 11 is 0. The Morgan fingerprint density at radius 3 is 2.90 bits per heavy atom. The van der Waals surface area contributed by atoms with Crippen molar-refractivity contribution in [2.75, 3.05) is 0 Å². The van der Waals surface area contributed by atoms with E-state index in [4.69, 9.17) is 9.47 Å². The van der Waals surface area contributed by atoms with E-state index in [1.54, 1.807) is 0 Å². The van der Waals surface area contributed by atoms with E-state index in [9.17, 15) is 18.0 Å². The molecule has 0 radical (unpaired) electrons. The number of alkyl halides is 3. The third-order valence-electron chi connectivity index (χ3n) is 2.75. The van der Waals surface area contributed by atoms with Gasteiger partial charge < -0.3 is 9.47 Å². The summed E-state index contributed by atoms with van der Waals surface area (Å²) in [5.41, 5.74) is -1.46. The summed E-state index contributed by atoms with van der Waals surface area (Å²) in [6.07, 6.45) is 2.23. The van der Waals surface area contributed by atoms with E-state index in [0.29, 0.717) is 4.68 Å². The zero-order chi connectivity index (χ0) is 15.0. The third-order valence-corrected chi connectivity index (χ3v) is 2.75. The van der Waals surface area contributed by atoms with Gasteiger partial charge in [0.15, 0.2) is 18.2 Å². The smallest absolute Gasteiger partial charge is 0.368 e. The van der Waals surface area contributed by atoms with E-state index >= 15 is 0 Å². The molecule has 0 fully saturated rings. The number of aromatic amines is 1. The predicted molar refractivity (Wildman–Crippen MR) is 62.2 cm³/mol. The van der Waals surface area contributed by atoms with Crippen LogP contribution in [0.1, 0.15) is 0 Å². The minimum absolute atomic E-state index is 0.284. The minimum atomic E-state index is -3.78. The van der Waals surface area contributed by atoms with Crippen LogP contribution in [0.25, 0.3) is 5.88 Å². The minimum Gasteiger partial charge on any atom is -0.463 e. The molecule has 0 spiro atoms. The first kappa shape index (κ1) is 13.2. The molecule has 1 aliphatic heterocycles. The second-order valence-electron chi connectivity index (χ2n) is 4.08.